The SMILES string of the molecule is CC(C)c1cc(=O)n(-c2ccc(I)cc2)c(=O)[nH]1. The third-order valence-corrected chi connectivity index (χ3v) is 3.38. The van der Waals surface area contributed by atoms with Crippen molar-refractivity contribution in [1.82, 2.24) is 9.55 Å². The van der Waals surface area contributed by atoms with Gasteiger partial charge in [-0.3, -0.25) is 4.79 Å². The van der Waals surface area contributed by atoms with Crippen LogP contribution < -0.4 is 11.2 Å². The fourth-order valence-corrected chi connectivity index (χ4v) is 2.02. The molecule has 0 bridgehead atoms. The van der Waals surface area contributed by atoms with Gasteiger partial charge in [-0.25, -0.2) is 9.36 Å². The molecule has 1 heterocycles. The van der Waals surface area contributed by atoms with Crippen LogP contribution in [-0.4, -0.2) is 9.55 Å². The topological polar surface area (TPSA) is 54.9 Å². The first-order valence-electron chi connectivity index (χ1n) is 5.61. The normalized spacial score (nSPS) is 10.9. The molecule has 0 aliphatic heterocycles. The van der Waals surface area contributed by atoms with Gasteiger partial charge in [0.1, 0.15) is 0 Å². The summed E-state index contributed by atoms with van der Waals surface area (Å²) in [4.78, 5) is 26.7. The highest BCUT2D eigenvalue weighted by atomic mass is 127. The number of nitrogens with one attached hydrogen (secondary N) is 1. The first-order valence-corrected chi connectivity index (χ1v) is 6.69. The molecule has 0 spiro atoms. The number of hydrogen-bond acceptors (Lipinski definition) is 2. The molecule has 2 aromatic rings. The minimum absolute atomic E-state index is 0.122. The molecule has 0 saturated heterocycles. The molecule has 0 aliphatic rings. The van der Waals surface area contributed by atoms with Crippen LogP contribution in [0.4, 0.5) is 0 Å². The van der Waals surface area contributed by atoms with Gasteiger partial charge in [0, 0.05) is 15.3 Å². The van der Waals surface area contributed by atoms with Crippen molar-refractivity contribution in [2.75, 3.05) is 0 Å². The van der Waals surface area contributed by atoms with Crippen LogP contribution in [0.3, 0.4) is 0 Å². The first kappa shape index (κ1) is 13.1. The van der Waals surface area contributed by atoms with Gasteiger partial charge in [-0.2, -0.15) is 0 Å². The van der Waals surface area contributed by atoms with Crippen LogP contribution in [0.25, 0.3) is 5.69 Å². The van der Waals surface area contributed by atoms with Crippen LogP contribution in [0.15, 0.2) is 39.9 Å². The Balaban J connectivity index is 2.63. The Morgan fingerprint density at radius 2 is 1.78 bits per heavy atom. The minimum atomic E-state index is -0.396. The van der Waals surface area contributed by atoms with Gasteiger partial charge in [0.05, 0.1) is 5.69 Å². The van der Waals surface area contributed by atoms with E-state index in [0.29, 0.717) is 11.4 Å². The quantitative estimate of drug-likeness (QED) is 0.840. The van der Waals surface area contributed by atoms with E-state index in [-0.39, 0.29) is 11.5 Å². The van der Waals surface area contributed by atoms with E-state index >= 15 is 0 Å². The standard InChI is InChI=1S/C13H13IN2O2/c1-8(2)11-7-12(17)16(13(18)15-11)10-5-3-9(14)4-6-10/h3-8H,1-2H3,(H,15,18). The second-order valence-electron chi connectivity index (χ2n) is 4.33. The maximum atomic E-state index is 12.0. The number of hydrogen-bond donors (Lipinski definition) is 1. The molecule has 0 radical (unpaired) electrons. The van der Waals surface area contributed by atoms with E-state index in [0.717, 1.165) is 8.14 Å². The summed E-state index contributed by atoms with van der Waals surface area (Å²) in [5.41, 5.74) is 0.541. The molecule has 0 atom stereocenters. The number of benzene rings is 1. The van der Waals surface area contributed by atoms with E-state index in [1.807, 2.05) is 26.0 Å². The van der Waals surface area contributed by atoms with E-state index in [1.54, 1.807) is 12.1 Å². The van der Waals surface area contributed by atoms with Gasteiger partial charge in [-0.15, -0.1) is 0 Å². The summed E-state index contributed by atoms with van der Waals surface area (Å²) in [6.45, 7) is 3.86. The number of aromatic nitrogens is 2. The second kappa shape index (κ2) is 5.09. The zero-order chi connectivity index (χ0) is 13.3. The molecule has 0 saturated carbocycles. The summed E-state index contributed by atoms with van der Waals surface area (Å²) in [5, 5.41) is 0. The Morgan fingerprint density at radius 1 is 1.17 bits per heavy atom. The maximum Gasteiger partial charge on any atom is 0.333 e. The van der Waals surface area contributed by atoms with Crippen molar-refractivity contribution < 1.29 is 0 Å². The molecule has 5 heteroatoms. The van der Waals surface area contributed by atoms with Gasteiger partial charge in [-0.05, 0) is 52.8 Å². The smallest absolute Gasteiger partial charge is 0.310 e. The highest BCUT2D eigenvalue weighted by Gasteiger charge is 2.08. The zero-order valence-electron chi connectivity index (χ0n) is 10.1. The molecule has 4 nitrogen and oxygen atoms in total. The Kier molecular flexibility index (Phi) is 3.70. The Morgan fingerprint density at radius 3 is 2.28 bits per heavy atom. The highest BCUT2D eigenvalue weighted by molar-refractivity contribution is 14.1. The molecule has 0 unspecified atom stereocenters. The number of rotatable bonds is 2. The maximum absolute atomic E-state index is 12.0. The van der Waals surface area contributed by atoms with Crippen LogP contribution in [0.1, 0.15) is 25.5 Å². The number of nitrogens with zero attached hydrogens (tertiary/aromatic N) is 1. The van der Waals surface area contributed by atoms with E-state index in [4.69, 9.17) is 0 Å². The third kappa shape index (κ3) is 2.55. The molecule has 0 aliphatic carbocycles. The number of halogens is 1. The molecule has 0 fully saturated rings. The first-order chi connectivity index (χ1) is 8.49. The van der Waals surface area contributed by atoms with Crippen molar-refractivity contribution in [1.29, 1.82) is 0 Å². The van der Waals surface area contributed by atoms with Crippen LogP contribution in [0.2, 0.25) is 0 Å². The zero-order valence-corrected chi connectivity index (χ0v) is 12.3. The van der Waals surface area contributed by atoms with Crippen molar-refractivity contribution >= 4 is 22.6 Å². The number of H-pyrrole nitrogens is 1. The fraction of sp³-hybridized carbons (Fsp3) is 0.231. The molecular weight excluding hydrogens is 343 g/mol. The van der Waals surface area contributed by atoms with Gasteiger partial charge >= 0.3 is 5.69 Å². The monoisotopic (exact) mass is 356 g/mol. The average Bonchev–Trinajstić information content (AvgIpc) is 2.30. The summed E-state index contributed by atoms with van der Waals surface area (Å²) in [6.07, 6.45) is 0. The van der Waals surface area contributed by atoms with Crippen molar-refractivity contribution in [2.45, 2.75) is 19.8 Å². The second-order valence-corrected chi connectivity index (χ2v) is 5.58. The van der Waals surface area contributed by atoms with Crippen LogP contribution >= 0.6 is 22.6 Å². The summed E-state index contributed by atoms with van der Waals surface area (Å²) in [6, 6.07) is 8.71. The van der Waals surface area contributed by atoms with Gasteiger partial charge in [0.2, 0.25) is 0 Å². The van der Waals surface area contributed by atoms with Gasteiger partial charge in [0.15, 0.2) is 0 Å². The molecular formula is C13H13IN2O2. The average molecular weight is 356 g/mol. The summed E-state index contributed by atoms with van der Waals surface area (Å²) in [7, 11) is 0. The molecule has 18 heavy (non-hydrogen) atoms. The Hall–Kier alpha value is -1.37. The van der Waals surface area contributed by atoms with Crippen molar-refractivity contribution in [3.05, 3.63) is 60.4 Å². The molecule has 2 rings (SSSR count). The van der Waals surface area contributed by atoms with Gasteiger partial charge in [0.25, 0.3) is 5.56 Å². The summed E-state index contributed by atoms with van der Waals surface area (Å²) >= 11 is 2.17. The highest BCUT2D eigenvalue weighted by Crippen LogP contribution is 2.09. The van der Waals surface area contributed by atoms with E-state index in [2.05, 4.69) is 27.6 Å². The number of aromatic amines is 1. The lowest BCUT2D eigenvalue weighted by Crippen LogP contribution is -2.34. The lowest BCUT2D eigenvalue weighted by molar-refractivity contribution is 0.765. The molecule has 0 amide bonds. The molecule has 94 valence electrons. The van der Waals surface area contributed by atoms with E-state index in [9.17, 15) is 9.59 Å². The van der Waals surface area contributed by atoms with Crippen LogP contribution in [0, 0.1) is 3.57 Å². The van der Waals surface area contributed by atoms with Crippen molar-refractivity contribution in [3.63, 3.8) is 0 Å². The summed E-state index contributed by atoms with van der Waals surface area (Å²) < 4.78 is 2.20. The lowest BCUT2D eigenvalue weighted by Gasteiger charge is -2.08. The largest absolute Gasteiger partial charge is 0.333 e. The Labute approximate surface area is 118 Å². The van der Waals surface area contributed by atoms with E-state index < -0.39 is 5.69 Å². The fourth-order valence-electron chi connectivity index (χ4n) is 1.66. The van der Waals surface area contributed by atoms with Gasteiger partial charge in [-0.1, -0.05) is 13.8 Å². The van der Waals surface area contributed by atoms with Crippen LogP contribution in [0.5, 0.6) is 0 Å². The predicted molar refractivity (Wildman–Crippen MR) is 79.5 cm³/mol. The summed E-state index contributed by atoms with van der Waals surface area (Å²) in [5.74, 6) is 0.122. The third-order valence-electron chi connectivity index (χ3n) is 2.66. The molecule has 1 aromatic heterocycles. The molecule has 1 N–H and O–H groups in total. The predicted octanol–water partition coefficient (Wildman–Crippen LogP) is 2.25. The lowest BCUT2D eigenvalue weighted by atomic mass is 10.1. The van der Waals surface area contributed by atoms with E-state index in [1.165, 1.54) is 6.07 Å². The molecule has 1 aromatic carbocycles. The minimum Gasteiger partial charge on any atom is -0.310 e. The van der Waals surface area contributed by atoms with Crippen molar-refractivity contribution in [2.24, 2.45) is 0 Å². The van der Waals surface area contributed by atoms with Crippen molar-refractivity contribution in [3.8, 4) is 5.69 Å². The van der Waals surface area contributed by atoms with Crippen LogP contribution in [-0.2, 0) is 0 Å². The Bertz CT molecular complexity index is 637. The van der Waals surface area contributed by atoms with Gasteiger partial charge < -0.3 is 4.98 Å².